The van der Waals surface area contributed by atoms with Crippen LogP contribution in [0, 0.1) is 0 Å². The van der Waals surface area contributed by atoms with Crippen LogP contribution >= 0.6 is 0 Å². The molecule has 0 saturated carbocycles. The van der Waals surface area contributed by atoms with E-state index in [2.05, 4.69) is 5.32 Å². The fraction of sp³-hybridized carbons (Fsp3) is 0.214. The Morgan fingerprint density at radius 3 is 2.71 bits per heavy atom. The number of urea groups is 1. The Morgan fingerprint density at radius 1 is 1.29 bits per heavy atom. The Hall–Kier alpha value is -2.83. The molecule has 0 aliphatic carbocycles. The standard InChI is InChI=1S/C14H16N2O5/c1-21-11-4-2-3-10(9-11)7-8-15-14(20)16-12(17)5-6-13(18)19/h2-6,9H,7-8H2,1H3,(H,18,19)(H2,15,16,17,20)/b6-5+. The van der Waals surface area contributed by atoms with Gasteiger partial charge >= 0.3 is 12.0 Å². The van der Waals surface area contributed by atoms with Gasteiger partial charge in [-0.1, -0.05) is 12.1 Å². The van der Waals surface area contributed by atoms with E-state index in [1.807, 2.05) is 29.6 Å². The van der Waals surface area contributed by atoms with Crippen molar-refractivity contribution in [3.8, 4) is 5.75 Å². The van der Waals surface area contributed by atoms with Gasteiger partial charge in [0.1, 0.15) is 5.75 Å². The Bertz CT molecular complexity index is 554. The number of carbonyl (C=O) groups is 3. The van der Waals surface area contributed by atoms with Crippen LogP contribution in [0.2, 0.25) is 0 Å². The highest BCUT2D eigenvalue weighted by Gasteiger charge is 2.04. The number of methoxy groups -OCH3 is 1. The molecule has 1 aromatic carbocycles. The van der Waals surface area contributed by atoms with Crippen LogP contribution in [0.25, 0.3) is 0 Å². The van der Waals surface area contributed by atoms with E-state index in [0.717, 1.165) is 17.4 Å². The largest absolute Gasteiger partial charge is 0.497 e. The second kappa shape index (κ2) is 8.36. The summed E-state index contributed by atoms with van der Waals surface area (Å²) >= 11 is 0. The lowest BCUT2D eigenvalue weighted by Gasteiger charge is -2.06. The number of ether oxygens (including phenoxy) is 1. The van der Waals surface area contributed by atoms with E-state index >= 15 is 0 Å². The van der Waals surface area contributed by atoms with Crippen molar-refractivity contribution in [2.24, 2.45) is 0 Å². The fourth-order valence-electron chi connectivity index (χ4n) is 1.49. The first kappa shape index (κ1) is 16.2. The van der Waals surface area contributed by atoms with Gasteiger partial charge in [0.2, 0.25) is 0 Å². The summed E-state index contributed by atoms with van der Waals surface area (Å²) in [5.74, 6) is -1.33. The molecule has 0 saturated heterocycles. The van der Waals surface area contributed by atoms with Crippen LogP contribution in [-0.4, -0.2) is 36.7 Å². The zero-order valence-electron chi connectivity index (χ0n) is 11.5. The van der Waals surface area contributed by atoms with Crippen LogP contribution in [0.4, 0.5) is 4.79 Å². The molecule has 112 valence electrons. The fourth-order valence-corrected chi connectivity index (χ4v) is 1.49. The summed E-state index contributed by atoms with van der Waals surface area (Å²) in [4.78, 5) is 32.7. The Kier molecular flexibility index (Phi) is 6.46. The Morgan fingerprint density at radius 2 is 2.05 bits per heavy atom. The lowest BCUT2D eigenvalue weighted by atomic mass is 10.1. The van der Waals surface area contributed by atoms with E-state index in [1.54, 1.807) is 7.11 Å². The topological polar surface area (TPSA) is 105 Å². The average molecular weight is 292 g/mol. The monoisotopic (exact) mass is 292 g/mol. The molecule has 0 aromatic heterocycles. The third-order valence-corrected chi connectivity index (χ3v) is 2.45. The molecule has 0 heterocycles. The second-order valence-electron chi connectivity index (χ2n) is 4.02. The van der Waals surface area contributed by atoms with Crippen molar-refractivity contribution in [2.45, 2.75) is 6.42 Å². The quantitative estimate of drug-likeness (QED) is 0.670. The van der Waals surface area contributed by atoms with Gasteiger partial charge in [-0.2, -0.15) is 0 Å². The molecule has 0 aliphatic rings. The smallest absolute Gasteiger partial charge is 0.328 e. The molecule has 0 bridgehead atoms. The van der Waals surface area contributed by atoms with Gasteiger partial charge in [0.05, 0.1) is 7.11 Å². The SMILES string of the molecule is COc1cccc(CCNC(=O)NC(=O)/C=C/C(=O)O)c1. The summed E-state index contributed by atoms with van der Waals surface area (Å²) in [6, 6.07) is 6.72. The zero-order valence-corrected chi connectivity index (χ0v) is 11.5. The minimum Gasteiger partial charge on any atom is -0.497 e. The highest BCUT2D eigenvalue weighted by molar-refractivity contribution is 6.02. The van der Waals surface area contributed by atoms with Crippen LogP contribution in [0.15, 0.2) is 36.4 Å². The van der Waals surface area contributed by atoms with Crippen molar-refractivity contribution >= 4 is 17.9 Å². The van der Waals surface area contributed by atoms with Crippen molar-refractivity contribution in [1.82, 2.24) is 10.6 Å². The summed E-state index contributed by atoms with van der Waals surface area (Å²) in [5.41, 5.74) is 0.978. The number of rotatable bonds is 6. The number of aliphatic carboxylic acids is 1. The lowest BCUT2D eigenvalue weighted by molar-refractivity contribution is -0.131. The molecule has 3 amide bonds. The van der Waals surface area contributed by atoms with Crippen molar-refractivity contribution in [3.63, 3.8) is 0 Å². The average Bonchev–Trinajstić information content (AvgIpc) is 2.45. The summed E-state index contributed by atoms with van der Waals surface area (Å²) in [5, 5.41) is 12.8. The predicted molar refractivity (Wildman–Crippen MR) is 75.0 cm³/mol. The lowest BCUT2D eigenvalue weighted by Crippen LogP contribution is -2.39. The van der Waals surface area contributed by atoms with Gasteiger partial charge in [0, 0.05) is 18.7 Å². The van der Waals surface area contributed by atoms with Crippen LogP contribution < -0.4 is 15.4 Å². The van der Waals surface area contributed by atoms with E-state index < -0.39 is 17.9 Å². The first-order chi connectivity index (χ1) is 10.0. The number of carboxylic acid groups (broad SMARTS) is 1. The third-order valence-electron chi connectivity index (χ3n) is 2.45. The van der Waals surface area contributed by atoms with Gasteiger partial charge in [0.15, 0.2) is 0 Å². The summed E-state index contributed by atoms with van der Waals surface area (Å²) < 4.78 is 5.08. The number of hydrogen-bond donors (Lipinski definition) is 3. The molecule has 21 heavy (non-hydrogen) atoms. The molecule has 3 N–H and O–H groups in total. The maximum absolute atomic E-state index is 11.4. The molecule has 0 unspecified atom stereocenters. The van der Waals surface area contributed by atoms with Crippen molar-refractivity contribution in [3.05, 3.63) is 42.0 Å². The second-order valence-corrected chi connectivity index (χ2v) is 4.02. The van der Waals surface area contributed by atoms with Gasteiger partial charge in [-0.25, -0.2) is 9.59 Å². The molecule has 1 rings (SSSR count). The van der Waals surface area contributed by atoms with Crippen LogP contribution in [0.1, 0.15) is 5.56 Å². The number of hydrogen-bond acceptors (Lipinski definition) is 4. The highest BCUT2D eigenvalue weighted by Crippen LogP contribution is 2.12. The van der Waals surface area contributed by atoms with Crippen molar-refractivity contribution in [1.29, 1.82) is 0 Å². The normalized spacial score (nSPS) is 10.1. The summed E-state index contributed by atoms with van der Waals surface area (Å²) in [7, 11) is 1.57. The molecule has 7 heteroatoms. The first-order valence-electron chi connectivity index (χ1n) is 6.14. The third kappa shape index (κ3) is 6.76. The Balaban J connectivity index is 2.33. The molecule has 1 aromatic rings. The maximum Gasteiger partial charge on any atom is 0.328 e. The molecule has 0 fully saturated rings. The molecule has 0 radical (unpaired) electrons. The van der Waals surface area contributed by atoms with Gasteiger partial charge in [-0.3, -0.25) is 10.1 Å². The summed E-state index contributed by atoms with van der Waals surface area (Å²) in [6.45, 7) is 0.328. The van der Waals surface area contributed by atoms with Crippen LogP contribution in [0.3, 0.4) is 0 Å². The zero-order chi connectivity index (χ0) is 15.7. The van der Waals surface area contributed by atoms with E-state index in [4.69, 9.17) is 9.84 Å². The van der Waals surface area contributed by atoms with Gasteiger partial charge in [0.25, 0.3) is 5.91 Å². The van der Waals surface area contributed by atoms with E-state index in [-0.39, 0.29) is 0 Å². The summed E-state index contributed by atoms with van der Waals surface area (Å²) in [6.07, 6.45) is 1.99. The predicted octanol–water partition coefficient (Wildman–Crippen LogP) is 0.704. The van der Waals surface area contributed by atoms with Gasteiger partial charge in [-0.05, 0) is 24.1 Å². The molecule has 7 nitrogen and oxygen atoms in total. The van der Waals surface area contributed by atoms with Gasteiger partial charge < -0.3 is 15.2 Å². The van der Waals surface area contributed by atoms with E-state index in [0.29, 0.717) is 19.0 Å². The Labute approximate surface area is 121 Å². The first-order valence-corrected chi connectivity index (χ1v) is 6.14. The molecular formula is C14H16N2O5. The minimum atomic E-state index is -1.26. The maximum atomic E-state index is 11.4. The number of imide groups is 1. The van der Waals surface area contributed by atoms with Crippen LogP contribution in [-0.2, 0) is 16.0 Å². The van der Waals surface area contributed by atoms with Gasteiger partial charge in [-0.15, -0.1) is 0 Å². The molecular weight excluding hydrogens is 276 g/mol. The number of carboxylic acids is 1. The molecule has 0 atom stereocenters. The van der Waals surface area contributed by atoms with E-state index in [9.17, 15) is 14.4 Å². The van der Waals surface area contributed by atoms with Crippen molar-refractivity contribution in [2.75, 3.05) is 13.7 Å². The van der Waals surface area contributed by atoms with Crippen molar-refractivity contribution < 1.29 is 24.2 Å². The number of benzene rings is 1. The van der Waals surface area contributed by atoms with Crippen LogP contribution in [0.5, 0.6) is 5.75 Å². The molecule has 0 aliphatic heterocycles. The van der Waals surface area contributed by atoms with E-state index in [1.165, 1.54) is 0 Å². The highest BCUT2D eigenvalue weighted by atomic mass is 16.5. The molecule has 0 spiro atoms. The number of nitrogens with one attached hydrogen (secondary N) is 2. The number of amides is 3. The minimum absolute atomic E-state index is 0.328. The number of carbonyl (C=O) groups excluding carboxylic acids is 2.